The first-order chi connectivity index (χ1) is 8.58. The van der Waals surface area contributed by atoms with Gasteiger partial charge >= 0.3 is 5.91 Å². The van der Waals surface area contributed by atoms with E-state index in [2.05, 4.69) is 0 Å². The molecular weight excluding hydrogens is 260 g/mol. The number of carbonyl (C=O) groups is 1. The lowest BCUT2D eigenvalue weighted by Crippen LogP contribution is -3.00. The van der Waals surface area contributed by atoms with E-state index >= 15 is 0 Å². The Bertz CT molecular complexity index is 547. The molecule has 0 atom stereocenters. The summed E-state index contributed by atoms with van der Waals surface area (Å²) in [5.41, 5.74) is 2.92. The molecule has 1 aromatic carbocycles. The predicted octanol–water partition coefficient (Wildman–Crippen LogP) is -0.959. The summed E-state index contributed by atoms with van der Waals surface area (Å²) in [6.45, 7) is 2.01. The molecule has 19 heavy (non-hydrogen) atoms. The molecule has 0 saturated heterocycles. The van der Waals surface area contributed by atoms with Crippen molar-refractivity contribution in [1.82, 2.24) is 0 Å². The Labute approximate surface area is 119 Å². The van der Waals surface area contributed by atoms with Gasteiger partial charge in [-0.25, -0.2) is 4.79 Å². The lowest BCUT2D eigenvalue weighted by Gasteiger charge is -2.09. The number of nitrogens with zero attached hydrogens (tertiary/aromatic N) is 2. The predicted molar refractivity (Wildman–Crippen MR) is 71.9 cm³/mol. The highest BCUT2D eigenvalue weighted by molar-refractivity contribution is 5.87. The van der Waals surface area contributed by atoms with Gasteiger partial charge in [0.05, 0.1) is 5.56 Å². The number of benzene rings is 1. The molecule has 0 spiro atoms. The zero-order chi connectivity index (χ0) is 13.1. The van der Waals surface area contributed by atoms with E-state index in [1.54, 1.807) is 17.0 Å². The highest BCUT2D eigenvalue weighted by Crippen LogP contribution is 2.07. The first-order valence-electron chi connectivity index (χ1n) is 5.88. The molecule has 0 bridgehead atoms. The maximum absolute atomic E-state index is 12.2. The van der Waals surface area contributed by atoms with Gasteiger partial charge in [-0.3, -0.25) is 0 Å². The summed E-state index contributed by atoms with van der Waals surface area (Å²) in [5, 5.41) is 0. The molecule has 3 nitrogen and oxygen atoms in total. The molecule has 2 aromatic rings. The van der Waals surface area contributed by atoms with Gasteiger partial charge < -0.3 is 17.3 Å². The van der Waals surface area contributed by atoms with Crippen LogP contribution in [0.5, 0.6) is 0 Å². The maximum Gasteiger partial charge on any atom is 0.424 e. The summed E-state index contributed by atoms with van der Waals surface area (Å²) in [6.07, 6.45) is 3.58. The van der Waals surface area contributed by atoms with E-state index in [4.69, 9.17) is 0 Å². The fourth-order valence-electron chi connectivity index (χ4n) is 1.70. The van der Waals surface area contributed by atoms with Crippen LogP contribution in [0.3, 0.4) is 0 Å². The SMILES string of the molecule is Cc1ccc(C(=O)[n+]2ccc(N(C)C)cc2)cc1.[Cl-]. The highest BCUT2D eigenvalue weighted by Gasteiger charge is 2.16. The van der Waals surface area contributed by atoms with Gasteiger partial charge in [0.15, 0.2) is 12.4 Å². The van der Waals surface area contributed by atoms with Crippen LogP contribution in [0.4, 0.5) is 5.69 Å². The summed E-state index contributed by atoms with van der Waals surface area (Å²) in [5.74, 6) is -0.0136. The summed E-state index contributed by atoms with van der Waals surface area (Å²) >= 11 is 0. The Morgan fingerprint density at radius 3 is 2.00 bits per heavy atom. The van der Waals surface area contributed by atoms with Gasteiger partial charge in [0, 0.05) is 31.9 Å². The molecule has 100 valence electrons. The number of hydrogen-bond acceptors (Lipinski definition) is 2. The zero-order valence-electron chi connectivity index (χ0n) is 11.3. The quantitative estimate of drug-likeness (QED) is 0.660. The fraction of sp³-hybridized carbons (Fsp3) is 0.200. The number of hydrogen-bond donors (Lipinski definition) is 0. The Morgan fingerprint density at radius 1 is 1.00 bits per heavy atom. The van der Waals surface area contributed by atoms with Crippen LogP contribution in [0.2, 0.25) is 0 Å². The number of rotatable bonds is 2. The van der Waals surface area contributed by atoms with Crippen molar-refractivity contribution in [2.45, 2.75) is 6.92 Å². The molecular formula is C15H17ClN2O. The second-order valence-corrected chi connectivity index (χ2v) is 4.53. The number of anilines is 1. The van der Waals surface area contributed by atoms with E-state index in [-0.39, 0.29) is 18.3 Å². The number of carbonyl (C=O) groups excluding carboxylic acids is 1. The van der Waals surface area contributed by atoms with E-state index in [1.807, 2.05) is 62.3 Å². The molecule has 0 radical (unpaired) electrons. The lowest BCUT2D eigenvalue weighted by molar-refractivity contribution is -0.570. The first-order valence-corrected chi connectivity index (χ1v) is 5.88. The number of aromatic nitrogens is 1. The summed E-state index contributed by atoms with van der Waals surface area (Å²) < 4.78 is 1.59. The van der Waals surface area contributed by atoms with E-state index in [0.29, 0.717) is 5.56 Å². The van der Waals surface area contributed by atoms with Crippen molar-refractivity contribution in [3.63, 3.8) is 0 Å². The van der Waals surface area contributed by atoms with Crippen LogP contribution in [0.15, 0.2) is 48.8 Å². The third kappa shape index (κ3) is 3.55. The van der Waals surface area contributed by atoms with Crippen LogP contribution in [-0.4, -0.2) is 20.0 Å². The smallest absolute Gasteiger partial charge is 0.424 e. The van der Waals surface area contributed by atoms with Gasteiger partial charge in [-0.05, 0) is 19.1 Å². The monoisotopic (exact) mass is 276 g/mol. The van der Waals surface area contributed by atoms with Crippen LogP contribution >= 0.6 is 0 Å². The van der Waals surface area contributed by atoms with Crippen LogP contribution in [0.25, 0.3) is 0 Å². The van der Waals surface area contributed by atoms with Gasteiger partial charge in [0.2, 0.25) is 0 Å². The number of pyridine rings is 1. The minimum atomic E-state index is -0.0136. The molecule has 0 fully saturated rings. The number of halogens is 1. The van der Waals surface area contributed by atoms with Gasteiger partial charge in [0.1, 0.15) is 0 Å². The van der Waals surface area contributed by atoms with Gasteiger partial charge in [0.25, 0.3) is 0 Å². The fourth-order valence-corrected chi connectivity index (χ4v) is 1.70. The molecule has 0 N–H and O–H groups in total. The van der Waals surface area contributed by atoms with Crippen molar-refractivity contribution in [2.75, 3.05) is 19.0 Å². The topological polar surface area (TPSA) is 24.2 Å². The second-order valence-electron chi connectivity index (χ2n) is 4.53. The molecule has 2 rings (SSSR count). The molecule has 0 unspecified atom stereocenters. The molecule has 0 amide bonds. The molecule has 4 heteroatoms. The standard InChI is InChI=1S/C15H17N2O.ClH/c1-12-4-6-13(7-5-12)15(18)17-10-8-14(9-11-17)16(2)3;/h4-11H,1-3H3;1H/q+1;/p-1. The maximum atomic E-state index is 12.2. The minimum Gasteiger partial charge on any atom is -1.00 e. The van der Waals surface area contributed by atoms with Crippen molar-refractivity contribution >= 4 is 11.6 Å². The average Bonchev–Trinajstić information content (AvgIpc) is 2.39. The second kappa shape index (κ2) is 6.34. The van der Waals surface area contributed by atoms with Crippen LogP contribution in [0, 0.1) is 6.92 Å². The Kier molecular flexibility index (Phi) is 5.07. The number of aryl methyl sites for hydroxylation is 1. The van der Waals surface area contributed by atoms with Crippen molar-refractivity contribution in [3.8, 4) is 0 Å². The van der Waals surface area contributed by atoms with Gasteiger partial charge in [-0.1, -0.05) is 17.7 Å². The Balaban J connectivity index is 0.00000180. The largest absolute Gasteiger partial charge is 1.00 e. The Hall–Kier alpha value is -1.87. The molecule has 0 saturated carbocycles. The molecule has 0 aliphatic rings. The molecule has 1 aromatic heterocycles. The van der Waals surface area contributed by atoms with Crippen molar-refractivity contribution in [2.24, 2.45) is 0 Å². The molecule has 0 aliphatic carbocycles. The molecule has 0 aliphatic heterocycles. The van der Waals surface area contributed by atoms with Crippen molar-refractivity contribution in [3.05, 3.63) is 59.9 Å². The third-order valence-electron chi connectivity index (χ3n) is 2.86. The summed E-state index contributed by atoms with van der Waals surface area (Å²) in [6, 6.07) is 11.4. The van der Waals surface area contributed by atoms with Gasteiger partial charge in [-0.2, -0.15) is 0 Å². The molecule has 1 heterocycles. The van der Waals surface area contributed by atoms with Crippen LogP contribution in [0.1, 0.15) is 15.9 Å². The van der Waals surface area contributed by atoms with Crippen LogP contribution < -0.4 is 21.9 Å². The van der Waals surface area contributed by atoms with Crippen molar-refractivity contribution < 1.29 is 21.8 Å². The summed E-state index contributed by atoms with van der Waals surface area (Å²) in [7, 11) is 3.95. The van der Waals surface area contributed by atoms with E-state index in [9.17, 15) is 4.79 Å². The first kappa shape index (κ1) is 15.2. The summed E-state index contributed by atoms with van der Waals surface area (Å²) in [4.78, 5) is 14.2. The van der Waals surface area contributed by atoms with E-state index < -0.39 is 0 Å². The normalized spacial score (nSPS) is 9.63. The van der Waals surface area contributed by atoms with Gasteiger partial charge in [-0.15, -0.1) is 4.57 Å². The zero-order valence-corrected chi connectivity index (χ0v) is 12.1. The van der Waals surface area contributed by atoms with Crippen LogP contribution in [-0.2, 0) is 0 Å². The Morgan fingerprint density at radius 2 is 1.53 bits per heavy atom. The average molecular weight is 277 g/mol. The lowest BCUT2D eigenvalue weighted by atomic mass is 10.1. The highest BCUT2D eigenvalue weighted by atomic mass is 35.5. The van der Waals surface area contributed by atoms with Crippen molar-refractivity contribution in [1.29, 1.82) is 0 Å². The minimum absolute atomic E-state index is 0. The van der Waals surface area contributed by atoms with E-state index in [0.717, 1.165) is 11.3 Å². The van der Waals surface area contributed by atoms with E-state index in [1.165, 1.54) is 0 Å². The third-order valence-corrected chi connectivity index (χ3v) is 2.86.